The van der Waals surface area contributed by atoms with Gasteiger partial charge in [0.15, 0.2) is 0 Å². The Balaban J connectivity index is 1.95. The van der Waals surface area contributed by atoms with Crippen molar-refractivity contribution in [2.45, 2.75) is 12.8 Å². The average Bonchev–Trinajstić information content (AvgIpc) is 2.60. The molecule has 1 heterocycles. The van der Waals surface area contributed by atoms with E-state index in [2.05, 4.69) is 10.3 Å². The normalized spacial score (nSPS) is 10.0. The molecule has 0 saturated heterocycles. The number of anilines is 1. The maximum absolute atomic E-state index is 12.1. The molecule has 1 aromatic heterocycles. The van der Waals surface area contributed by atoms with Gasteiger partial charge in [0.25, 0.3) is 0 Å². The number of pyridine rings is 1. The molecular weight excluding hydrogens is 296 g/mol. The molecule has 6 nitrogen and oxygen atoms in total. The highest BCUT2D eigenvalue weighted by molar-refractivity contribution is 5.90. The third-order valence-electron chi connectivity index (χ3n) is 3.34. The quantitative estimate of drug-likeness (QED) is 0.850. The van der Waals surface area contributed by atoms with Crippen molar-refractivity contribution in [3.05, 3.63) is 42.1 Å². The maximum atomic E-state index is 12.1. The zero-order valence-corrected chi connectivity index (χ0v) is 13.5. The summed E-state index contributed by atoms with van der Waals surface area (Å²) in [7, 11) is 4.76. The number of hydrogen-bond donors (Lipinski definition) is 1. The summed E-state index contributed by atoms with van der Waals surface area (Å²) in [4.78, 5) is 16.1. The van der Waals surface area contributed by atoms with Crippen molar-refractivity contribution in [1.82, 2.24) is 4.98 Å². The first-order valence-electron chi connectivity index (χ1n) is 7.17. The Labute approximate surface area is 135 Å². The Bertz CT molecular complexity index is 656. The third-order valence-corrected chi connectivity index (χ3v) is 3.34. The Hall–Kier alpha value is -2.76. The van der Waals surface area contributed by atoms with E-state index in [4.69, 9.17) is 14.2 Å². The van der Waals surface area contributed by atoms with Crippen molar-refractivity contribution < 1.29 is 19.0 Å². The minimum atomic E-state index is -0.0955. The molecule has 0 aliphatic rings. The van der Waals surface area contributed by atoms with Gasteiger partial charge < -0.3 is 19.5 Å². The summed E-state index contributed by atoms with van der Waals surface area (Å²) in [5, 5.41) is 2.80. The summed E-state index contributed by atoms with van der Waals surface area (Å²) < 4.78 is 15.5. The van der Waals surface area contributed by atoms with Crippen molar-refractivity contribution in [2.75, 3.05) is 26.6 Å². The average molecular weight is 316 g/mol. The zero-order valence-electron chi connectivity index (χ0n) is 13.5. The first-order chi connectivity index (χ1) is 11.2. The fraction of sp³-hybridized carbons (Fsp3) is 0.294. The molecule has 1 N–H and O–H groups in total. The van der Waals surface area contributed by atoms with Gasteiger partial charge >= 0.3 is 0 Å². The van der Waals surface area contributed by atoms with Crippen LogP contribution in [0.3, 0.4) is 0 Å². The van der Waals surface area contributed by atoms with E-state index >= 15 is 0 Å². The molecule has 2 aromatic rings. The highest BCUT2D eigenvalue weighted by atomic mass is 16.5. The third kappa shape index (κ3) is 4.60. The van der Waals surface area contributed by atoms with Gasteiger partial charge in [0, 0.05) is 12.5 Å². The fourth-order valence-electron chi connectivity index (χ4n) is 2.12. The Morgan fingerprint density at radius 2 is 1.91 bits per heavy atom. The highest BCUT2D eigenvalue weighted by Crippen LogP contribution is 2.25. The smallest absolute Gasteiger partial charge is 0.224 e. The molecule has 0 saturated carbocycles. The second-order valence-corrected chi connectivity index (χ2v) is 4.82. The van der Waals surface area contributed by atoms with Gasteiger partial charge in [0.2, 0.25) is 11.8 Å². The number of carbonyl (C=O) groups is 1. The molecule has 0 aliphatic heterocycles. The van der Waals surface area contributed by atoms with E-state index in [-0.39, 0.29) is 5.91 Å². The minimum absolute atomic E-state index is 0.0955. The number of rotatable bonds is 7. The van der Waals surface area contributed by atoms with E-state index in [1.165, 1.54) is 0 Å². The molecule has 0 aliphatic carbocycles. The zero-order chi connectivity index (χ0) is 16.7. The minimum Gasteiger partial charge on any atom is -0.497 e. The first-order valence-corrected chi connectivity index (χ1v) is 7.17. The molecule has 122 valence electrons. The van der Waals surface area contributed by atoms with Crippen molar-refractivity contribution in [3.8, 4) is 17.4 Å². The van der Waals surface area contributed by atoms with Crippen LogP contribution >= 0.6 is 0 Å². The highest BCUT2D eigenvalue weighted by Gasteiger charge is 2.09. The van der Waals surface area contributed by atoms with Gasteiger partial charge in [-0.3, -0.25) is 4.79 Å². The van der Waals surface area contributed by atoms with E-state index < -0.39 is 0 Å². The lowest BCUT2D eigenvalue weighted by Gasteiger charge is -2.10. The summed E-state index contributed by atoms with van der Waals surface area (Å²) in [6, 6.07) is 8.97. The number of methoxy groups -OCH3 is 3. The molecule has 0 unspecified atom stereocenters. The number of carbonyl (C=O) groups excluding carboxylic acids is 1. The van der Waals surface area contributed by atoms with Gasteiger partial charge in [-0.2, -0.15) is 0 Å². The van der Waals surface area contributed by atoms with Crippen LogP contribution < -0.4 is 19.5 Å². The largest absolute Gasteiger partial charge is 0.497 e. The van der Waals surface area contributed by atoms with E-state index in [0.717, 1.165) is 17.1 Å². The Kier molecular flexibility index (Phi) is 5.80. The second kappa shape index (κ2) is 8.03. The van der Waals surface area contributed by atoms with Gasteiger partial charge in [0.05, 0.1) is 33.2 Å². The van der Waals surface area contributed by atoms with Gasteiger partial charge in [0.1, 0.15) is 11.5 Å². The number of nitrogens with one attached hydrogen (secondary N) is 1. The van der Waals surface area contributed by atoms with E-state index in [1.54, 1.807) is 39.7 Å². The number of benzene rings is 1. The van der Waals surface area contributed by atoms with Crippen molar-refractivity contribution >= 4 is 11.6 Å². The summed E-state index contributed by atoms with van der Waals surface area (Å²) >= 11 is 0. The van der Waals surface area contributed by atoms with E-state index in [0.29, 0.717) is 24.4 Å². The van der Waals surface area contributed by atoms with Crippen molar-refractivity contribution in [2.24, 2.45) is 0 Å². The summed E-state index contributed by atoms with van der Waals surface area (Å²) in [5.74, 6) is 1.89. The van der Waals surface area contributed by atoms with Crippen LogP contribution in [0.25, 0.3) is 0 Å². The van der Waals surface area contributed by atoms with Crippen LogP contribution in [0.5, 0.6) is 17.4 Å². The van der Waals surface area contributed by atoms with Crippen LogP contribution in [0.1, 0.15) is 12.0 Å². The van der Waals surface area contributed by atoms with Crippen LogP contribution in [0.2, 0.25) is 0 Å². The van der Waals surface area contributed by atoms with Crippen LogP contribution in [0.4, 0.5) is 5.69 Å². The van der Waals surface area contributed by atoms with Gasteiger partial charge in [-0.25, -0.2) is 4.98 Å². The molecule has 6 heteroatoms. The lowest BCUT2D eigenvalue weighted by molar-refractivity contribution is -0.116. The summed E-state index contributed by atoms with van der Waals surface area (Å²) in [6.07, 6.45) is 2.44. The fourth-order valence-corrected chi connectivity index (χ4v) is 2.12. The number of ether oxygens (including phenoxy) is 3. The predicted octanol–water partition coefficient (Wildman–Crippen LogP) is 2.68. The molecule has 2 rings (SSSR count). The van der Waals surface area contributed by atoms with Crippen LogP contribution in [0, 0.1) is 0 Å². The summed E-state index contributed by atoms with van der Waals surface area (Å²) in [5.41, 5.74) is 1.56. The molecule has 0 radical (unpaired) electrons. The van der Waals surface area contributed by atoms with E-state index in [9.17, 15) is 4.79 Å². The molecular formula is C17H20N2O4. The van der Waals surface area contributed by atoms with Crippen molar-refractivity contribution in [3.63, 3.8) is 0 Å². The maximum Gasteiger partial charge on any atom is 0.224 e. The van der Waals surface area contributed by atoms with E-state index in [1.807, 2.05) is 18.2 Å². The lowest BCUT2D eigenvalue weighted by Crippen LogP contribution is -2.12. The number of aryl methyl sites for hydroxylation is 1. The molecule has 0 bridgehead atoms. The monoisotopic (exact) mass is 316 g/mol. The molecule has 1 amide bonds. The molecule has 23 heavy (non-hydrogen) atoms. The van der Waals surface area contributed by atoms with Crippen LogP contribution in [-0.4, -0.2) is 32.2 Å². The molecule has 0 atom stereocenters. The van der Waals surface area contributed by atoms with Gasteiger partial charge in [-0.15, -0.1) is 0 Å². The molecule has 0 spiro atoms. The van der Waals surface area contributed by atoms with Crippen molar-refractivity contribution in [1.29, 1.82) is 0 Å². The summed E-state index contributed by atoms with van der Waals surface area (Å²) in [6.45, 7) is 0. The number of nitrogens with zero attached hydrogens (tertiary/aromatic N) is 1. The van der Waals surface area contributed by atoms with Crippen LogP contribution in [0.15, 0.2) is 36.5 Å². The topological polar surface area (TPSA) is 69.7 Å². The SMILES string of the molecule is COc1ccc(OC)c(CCC(=O)Nc2ccc(OC)nc2)c1. The number of aromatic nitrogens is 1. The number of hydrogen-bond acceptors (Lipinski definition) is 5. The Morgan fingerprint density at radius 1 is 1.09 bits per heavy atom. The number of amides is 1. The second-order valence-electron chi connectivity index (χ2n) is 4.82. The molecule has 0 fully saturated rings. The first kappa shape index (κ1) is 16.6. The Morgan fingerprint density at radius 3 is 2.52 bits per heavy atom. The predicted molar refractivity (Wildman–Crippen MR) is 87.3 cm³/mol. The standard InChI is InChI=1S/C17H20N2O4/c1-21-14-6-7-15(22-2)12(10-14)4-8-16(20)19-13-5-9-17(23-3)18-11-13/h5-7,9-11H,4,8H2,1-3H3,(H,19,20). The molecule has 1 aromatic carbocycles. The lowest BCUT2D eigenvalue weighted by atomic mass is 10.1. The van der Waals surface area contributed by atoms with Gasteiger partial charge in [-0.05, 0) is 36.2 Å². The van der Waals surface area contributed by atoms with Crippen LogP contribution in [-0.2, 0) is 11.2 Å². The van der Waals surface area contributed by atoms with Gasteiger partial charge in [-0.1, -0.05) is 0 Å².